The Kier molecular flexibility index (Phi) is 7.05. The Hall–Kier alpha value is -5.24. The van der Waals surface area contributed by atoms with Crippen LogP contribution in [0, 0.1) is 0 Å². The van der Waals surface area contributed by atoms with Gasteiger partial charge in [-0.05, 0) is 45.5 Å². The minimum absolute atomic E-state index is 0.225. The molecule has 0 saturated heterocycles. The van der Waals surface area contributed by atoms with Gasteiger partial charge in [-0.3, -0.25) is 0 Å². The van der Waals surface area contributed by atoms with Gasteiger partial charge in [0, 0.05) is 5.41 Å². The number of hydrogen-bond acceptors (Lipinski definition) is 4. The van der Waals surface area contributed by atoms with Gasteiger partial charge in [0.2, 0.25) is 0 Å². The highest BCUT2D eigenvalue weighted by atomic mass is 16.4. The van der Waals surface area contributed by atoms with E-state index in [4.69, 9.17) is 0 Å². The van der Waals surface area contributed by atoms with Gasteiger partial charge in [0.1, 0.15) is 0 Å². The topological polar surface area (TPSA) is 149 Å². The Morgan fingerprint density at radius 2 is 0.795 bits per heavy atom. The molecular weight excluding hydrogens is 500 g/mol. The molecule has 4 N–H and O–H groups in total. The minimum atomic E-state index is -1.38. The molecule has 4 aromatic carbocycles. The molecule has 0 bridgehead atoms. The lowest BCUT2D eigenvalue weighted by Gasteiger charge is -2.31. The van der Waals surface area contributed by atoms with Crippen molar-refractivity contribution in [2.24, 2.45) is 0 Å². The van der Waals surface area contributed by atoms with E-state index in [1.54, 1.807) is 60.7 Å². The van der Waals surface area contributed by atoms with Crippen LogP contribution in [0.15, 0.2) is 84.9 Å². The molecule has 8 heteroatoms. The Labute approximate surface area is 223 Å². The molecule has 8 nitrogen and oxygen atoms in total. The number of benzene rings is 4. The maximum absolute atomic E-state index is 12.2. The van der Waals surface area contributed by atoms with E-state index in [9.17, 15) is 39.6 Å². The van der Waals surface area contributed by atoms with Crippen molar-refractivity contribution in [1.82, 2.24) is 0 Å². The van der Waals surface area contributed by atoms with Crippen LogP contribution in [0.2, 0.25) is 0 Å². The molecule has 39 heavy (non-hydrogen) atoms. The first-order chi connectivity index (χ1) is 18.5. The number of carboxylic acids is 4. The van der Waals surface area contributed by atoms with Crippen molar-refractivity contribution in [3.8, 4) is 22.3 Å². The molecule has 0 aliphatic carbocycles. The molecule has 196 valence electrons. The number of rotatable bonds is 8. The molecule has 0 aliphatic heterocycles. The molecule has 0 atom stereocenters. The third kappa shape index (κ3) is 4.75. The van der Waals surface area contributed by atoms with Crippen LogP contribution in [0.1, 0.15) is 66.4 Å². The van der Waals surface area contributed by atoms with E-state index in [0.29, 0.717) is 22.3 Å². The van der Waals surface area contributed by atoms with Gasteiger partial charge in [-0.25, -0.2) is 19.2 Å². The maximum Gasteiger partial charge on any atom is 0.337 e. The van der Waals surface area contributed by atoms with Gasteiger partial charge in [0.05, 0.1) is 22.3 Å². The molecule has 0 unspecified atom stereocenters. The average molecular weight is 525 g/mol. The first-order valence-electron chi connectivity index (χ1n) is 11.9. The van der Waals surface area contributed by atoms with E-state index >= 15 is 0 Å². The number of hydrogen-bond donors (Lipinski definition) is 4. The van der Waals surface area contributed by atoms with Crippen molar-refractivity contribution >= 4 is 23.9 Å². The fraction of sp³-hybridized carbons (Fsp3) is 0.0968. The maximum atomic E-state index is 12.2. The van der Waals surface area contributed by atoms with Crippen LogP contribution < -0.4 is 0 Å². The van der Waals surface area contributed by atoms with Gasteiger partial charge in [-0.1, -0.05) is 86.6 Å². The highest BCUT2D eigenvalue weighted by Gasteiger charge is 2.32. The SMILES string of the molecule is CC(C)(c1ccccc1-c1cccc(C(=O)O)c1C(=O)O)c1ccccc1-c1cccc(C(=O)O)c1C(=O)O. The molecule has 0 aromatic heterocycles. The van der Waals surface area contributed by atoms with Crippen LogP contribution >= 0.6 is 0 Å². The molecule has 0 radical (unpaired) electrons. The minimum Gasteiger partial charge on any atom is -0.478 e. The highest BCUT2D eigenvalue weighted by Crippen LogP contribution is 2.43. The van der Waals surface area contributed by atoms with Gasteiger partial charge in [0.15, 0.2) is 0 Å². The lowest BCUT2D eigenvalue weighted by Crippen LogP contribution is -2.22. The summed E-state index contributed by atoms with van der Waals surface area (Å²) < 4.78 is 0. The molecule has 0 aliphatic rings. The summed E-state index contributed by atoms with van der Waals surface area (Å²) >= 11 is 0. The third-order valence-corrected chi connectivity index (χ3v) is 6.80. The monoisotopic (exact) mass is 524 g/mol. The van der Waals surface area contributed by atoms with Crippen molar-refractivity contribution in [3.05, 3.63) is 118 Å². The number of carboxylic acid groups (broad SMARTS) is 4. The molecule has 0 saturated carbocycles. The zero-order valence-electron chi connectivity index (χ0n) is 21.0. The summed E-state index contributed by atoms with van der Waals surface area (Å²) in [5, 5.41) is 39.2. The van der Waals surface area contributed by atoms with Gasteiger partial charge >= 0.3 is 23.9 Å². The third-order valence-electron chi connectivity index (χ3n) is 6.80. The molecule has 0 spiro atoms. The molecule has 4 rings (SSSR count). The van der Waals surface area contributed by atoms with Crippen LogP contribution in [0.25, 0.3) is 22.3 Å². The average Bonchev–Trinajstić information content (AvgIpc) is 2.91. The standard InChI is InChI=1S/C31H24O8/c1-31(2,23-15-5-3-9-17(23)19-11-7-13-21(27(32)33)25(19)29(36)37)24-16-6-4-10-18(24)20-12-8-14-22(28(34)35)26(20)30(38)39/h3-16H,1-2H3,(H,32,33)(H,34,35)(H,36,37)(H,38,39). The number of aromatic carboxylic acids is 4. The summed E-state index contributed by atoms with van der Waals surface area (Å²) in [5.41, 5.74) is 0.512. The van der Waals surface area contributed by atoms with E-state index < -0.39 is 29.3 Å². The van der Waals surface area contributed by atoms with E-state index in [2.05, 4.69) is 0 Å². The second-order valence-corrected chi connectivity index (χ2v) is 9.39. The fourth-order valence-corrected chi connectivity index (χ4v) is 5.04. The fourth-order valence-electron chi connectivity index (χ4n) is 5.04. The summed E-state index contributed by atoms with van der Waals surface area (Å²) in [5.74, 6) is -5.49. The normalized spacial score (nSPS) is 11.1. The van der Waals surface area contributed by atoms with Gasteiger partial charge in [0.25, 0.3) is 0 Å². The quantitative estimate of drug-likeness (QED) is 0.215. The van der Waals surface area contributed by atoms with Crippen molar-refractivity contribution < 1.29 is 39.6 Å². The van der Waals surface area contributed by atoms with Crippen LogP contribution in [0.5, 0.6) is 0 Å². The van der Waals surface area contributed by atoms with E-state index in [1.807, 2.05) is 13.8 Å². The van der Waals surface area contributed by atoms with Gasteiger partial charge < -0.3 is 20.4 Å². The van der Waals surface area contributed by atoms with Crippen LogP contribution in [-0.4, -0.2) is 44.3 Å². The Morgan fingerprint density at radius 1 is 0.462 bits per heavy atom. The van der Waals surface area contributed by atoms with E-state index in [-0.39, 0.29) is 33.4 Å². The van der Waals surface area contributed by atoms with Crippen molar-refractivity contribution in [2.75, 3.05) is 0 Å². The Bertz CT molecular complexity index is 1530. The van der Waals surface area contributed by atoms with Crippen molar-refractivity contribution in [3.63, 3.8) is 0 Å². The predicted molar refractivity (Wildman–Crippen MR) is 144 cm³/mol. The zero-order valence-corrected chi connectivity index (χ0v) is 21.0. The first-order valence-corrected chi connectivity index (χ1v) is 11.9. The molecule has 0 fully saturated rings. The van der Waals surface area contributed by atoms with Crippen LogP contribution in [-0.2, 0) is 5.41 Å². The summed E-state index contributed by atoms with van der Waals surface area (Å²) in [4.78, 5) is 48.1. The Morgan fingerprint density at radius 3 is 1.13 bits per heavy atom. The number of carbonyl (C=O) groups is 4. The molecule has 0 amide bonds. The van der Waals surface area contributed by atoms with Crippen molar-refractivity contribution in [2.45, 2.75) is 19.3 Å². The summed E-state index contributed by atoms with van der Waals surface area (Å²) in [7, 11) is 0. The van der Waals surface area contributed by atoms with E-state index in [1.165, 1.54) is 24.3 Å². The second-order valence-electron chi connectivity index (χ2n) is 9.39. The largest absolute Gasteiger partial charge is 0.478 e. The highest BCUT2D eigenvalue weighted by molar-refractivity contribution is 6.08. The van der Waals surface area contributed by atoms with Gasteiger partial charge in [-0.2, -0.15) is 0 Å². The second kappa shape index (κ2) is 10.3. The Balaban J connectivity index is 2.02. The summed E-state index contributed by atoms with van der Waals surface area (Å²) in [6, 6.07) is 22.6. The lowest BCUT2D eigenvalue weighted by atomic mass is 9.71. The molecule has 4 aromatic rings. The van der Waals surface area contributed by atoms with E-state index in [0.717, 1.165) is 0 Å². The first kappa shape index (κ1) is 26.8. The lowest BCUT2D eigenvalue weighted by molar-refractivity contribution is 0.0652. The van der Waals surface area contributed by atoms with Crippen LogP contribution in [0.4, 0.5) is 0 Å². The smallest absolute Gasteiger partial charge is 0.337 e. The summed E-state index contributed by atoms with van der Waals surface area (Å²) in [6.45, 7) is 3.77. The predicted octanol–water partition coefficient (Wildman–Crippen LogP) is 6.14. The zero-order chi connectivity index (χ0) is 28.5. The molecular formula is C31H24O8. The molecule has 0 heterocycles. The van der Waals surface area contributed by atoms with Gasteiger partial charge in [-0.15, -0.1) is 0 Å². The van der Waals surface area contributed by atoms with Crippen LogP contribution in [0.3, 0.4) is 0 Å². The summed E-state index contributed by atoms with van der Waals surface area (Å²) in [6.07, 6.45) is 0. The van der Waals surface area contributed by atoms with Crippen molar-refractivity contribution in [1.29, 1.82) is 0 Å².